The maximum Gasteiger partial charge on any atom is 0.419 e. The van der Waals surface area contributed by atoms with Crippen LogP contribution in [0.2, 0.25) is 0 Å². The van der Waals surface area contributed by atoms with Gasteiger partial charge in [0.1, 0.15) is 5.82 Å². The molecule has 1 N–H and O–H groups in total. The molecule has 0 saturated carbocycles. The molecule has 1 atom stereocenters. The summed E-state index contributed by atoms with van der Waals surface area (Å²) in [6.45, 7) is 1.29. The predicted octanol–water partition coefficient (Wildman–Crippen LogP) is 4.63. The molecule has 1 aromatic heterocycles. The molecule has 2 aromatic rings. The van der Waals surface area contributed by atoms with E-state index in [0.29, 0.717) is 10.5 Å². The number of nitrogens with one attached hydrogen (secondary N) is 1. The van der Waals surface area contributed by atoms with E-state index in [1.807, 2.05) is 0 Å². The molecule has 1 amide bonds. The molecule has 1 aromatic carbocycles. The van der Waals surface area contributed by atoms with Gasteiger partial charge in [0.2, 0.25) is 5.95 Å². The minimum Gasteiger partial charge on any atom is -0.345 e. The Morgan fingerprint density at radius 1 is 1.29 bits per heavy atom. The van der Waals surface area contributed by atoms with Crippen LogP contribution in [0.15, 0.2) is 34.9 Å². The van der Waals surface area contributed by atoms with E-state index in [-0.39, 0.29) is 5.56 Å². The number of rotatable bonds is 3. The standard InChI is InChI=1S/C15H10BrF5N2O/c1-7(9-3-2-4-11(12(9)17)15(19,20)21)23-14(24)10-5-8(16)6-22-13(10)18/h2-7H,1H3,(H,23,24)/t7-/m1/s1. The Balaban J connectivity index is 2.29. The average molecular weight is 409 g/mol. The molecule has 3 nitrogen and oxygen atoms in total. The van der Waals surface area contributed by atoms with Crippen molar-refractivity contribution in [3.63, 3.8) is 0 Å². The number of carbonyl (C=O) groups is 1. The van der Waals surface area contributed by atoms with Gasteiger partial charge in [0.25, 0.3) is 5.91 Å². The van der Waals surface area contributed by atoms with Gasteiger partial charge in [-0.25, -0.2) is 9.37 Å². The van der Waals surface area contributed by atoms with Gasteiger partial charge < -0.3 is 5.32 Å². The smallest absolute Gasteiger partial charge is 0.345 e. The summed E-state index contributed by atoms with van der Waals surface area (Å²) >= 11 is 3.02. The largest absolute Gasteiger partial charge is 0.419 e. The second-order valence-electron chi connectivity index (χ2n) is 4.89. The number of hydrogen-bond acceptors (Lipinski definition) is 2. The lowest BCUT2D eigenvalue weighted by molar-refractivity contribution is -0.140. The number of hydrogen-bond donors (Lipinski definition) is 1. The molecule has 0 bridgehead atoms. The van der Waals surface area contributed by atoms with Crippen molar-refractivity contribution >= 4 is 21.8 Å². The lowest BCUT2D eigenvalue weighted by Crippen LogP contribution is -2.28. The summed E-state index contributed by atoms with van der Waals surface area (Å²) in [6.07, 6.45) is -3.72. The molecule has 0 aliphatic heterocycles. The van der Waals surface area contributed by atoms with Crippen LogP contribution in [0.1, 0.15) is 34.5 Å². The monoisotopic (exact) mass is 408 g/mol. The molecular formula is C15H10BrF5N2O. The van der Waals surface area contributed by atoms with Crippen LogP contribution < -0.4 is 5.32 Å². The average Bonchev–Trinajstić information content (AvgIpc) is 2.48. The second-order valence-corrected chi connectivity index (χ2v) is 5.81. The number of halogens is 6. The highest BCUT2D eigenvalue weighted by molar-refractivity contribution is 9.10. The van der Waals surface area contributed by atoms with Crippen molar-refractivity contribution in [2.24, 2.45) is 0 Å². The number of amides is 1. The van der Waals surface area contributed by atoms with Crippen LogP contribution in [-0.4, -0.2) is 10.9 Å². The van der Waals surface area contributed by atoms with Gasteiger partial charge in [-0.1, -0.05) is 12.1 Å². The molecule has 1 heterocycles. The molecule has 0 spiro atoms. The number of alkyl halides is 3. The Labute approximate surface area is 142 Å². The van der Waals surface area contributed by atoms with Crippen molar-refractivity contribution in [1.29, 1.82) is 0 Å². The minimum atomic E-state index is -4.86. The Kier molecular flexibility index (Phi) is 5.22. The fourth-order valence-corrected chi connectivity index (χ4v) is 2.37. The zero-order valence-electron chi connectivity index (χ0n) is 12.1. The third-order valence-electron chi connectivity index (χ3n) is 3.20. The SMILES string of the molecule is C[C@@H](NC(=O)c1cc(Br)cnc1F)c1cccc(C(F)(F)F)c1F. The Morgan fingerprint density at radius 2 is 1.96 bits per heavy atom. The minimum absolute atomic E-state index is 0.340. The molecular weight excluding hydrogens is 399 g/mol. The number of benzene rings is 1. The van der Waals surface area contributed by atoms with Crippen LogP contribution in [0.3, 0.4) is 0 Å². The van der Waals surface area contributed by atoms with Gasteiger partial charge in [-0.05, 0) is 35.0 Å². The topological polar surface area (TPSA) is 42.0 Å². The lowest BCUT2D eigenvalue weighted by Gasteiger charge is -2.18. The van der Waals surface area contributed by atoms with E-state index >= 15 is 0 Å². The predicted molar refractivity (Wildman–Crippen MR) is 79.2 cm³/mol. The molecule has 0 aliphatic carbocycles. The molecule has 9 heteroatoms. The van der Waals surface area contributed by atoms with Gasteiger partial charge in [-0.3, -0.25) is 4.79 Å². The number of carbonyl (C=O) groups excluding carboxylic acids is 1. The van der Waals surface area contributed by atoms with E-state index in [9.17, 15) is 26.7 Å². The number of nitrogens with zero attached hydrogens (tertiary/aromatic N) is 1. The van der Waals surface area contributed by atoms with Gasteiger partial charge in [0, 0.05) is 16.2 Å². The summed E-state index contributed by atoms with van der Waals surface area (Å²) in [5.41, 5.74) is -2.21. The summed E-state index contributed by atoms with van der Waals surface area (Å²) < 4.78 is 66.1. The normalized spacial score (nSPS) is 12.8. The zero-order valence-corrected chi connectivity index (χ0v) is 13.7. The maximum atomic E-state index is 14.0. The summed E-state index contributed by atoms with van der Waals surface area (Å²) in [7, 11) is 0. The Hall–Kier alpha value is -2.03. The first kappa shape index (κ1) is 18.3. The van der Waals surface area contributed by atoms with Crippen molar-refractivity contribution in [2.75, 3.05) is 0 Å². The van der Waals surface area contributed by atoms with E-state index in [1.165, 1.54) is 6.92 Å². The van der Waals surface area contributed by atoms with Gasteiger partial charge in [-0.15, -0.1) is 0 Å². The Morgan fingerprint density at radius 3 is 2.58 bits per heavy atom. The first-order chi connectivity index (χ1) is 11.1. The molecule has 0 saturated heterocycles. The van der Waals surface area contributed by atoms with Crippen LogP contribution in [0.25, 0.3) is 0 Å². The molecule has 0 unspecified atom stereocenters. The molecule has 24 heavy (non-hydrogen) atoms. The van der Waals surface area contributed by atoms with Crippen molar-refractivity contribution < 1.29 is 26.7 Å². The summed E-state index contributed by atoms with van der Waals surface area (Å²) in [5.74, 6) is -3.45. The third kappa shape index (κ3) is 3.89. The molecule has 0 aliphatic rings. The lowest BCUT2D eigenvalue weighted by atomic mass is 10.0. The summed E-state index contributed by atoms with van der Waals surface area (Å²) in [6, 6.07) is 2.80. The Bertz CT molecular complexity index is 779. The summed E-state index contributed by atoms with van der Waals surface area (Å²) in [4.78, 5) is 15.4. The van der Waals surface area contributed by atoms with Crippen molar-refractivity contribution in [3.8, 4) is 0 Å². The van der Waals surface area contributed by atoms with E-state index in [4.69, 9.17) is 0 Å². The van der Waals surface area contributed by atoms with Crippen molar-refractivity contribution in [2.45, 2.75) is 19.1 Å². The fraction of sp³-hybridized carbons (Fsp3) is 0.200. The van der Waals surface area contributed by atoms with Gasteiger partial charge in [0.05, 0.1) is 17.2 Å². The van der Waals surface area contributed by atoms with Crippen LogP contribution in [-0.2, 0) is 6.18 Å². The van der Waals surface area contributed by atoms with Gasteiger partial charge in [0.15, 0.2) is 0 Å². The van der Waals surface area contributed by atoms with E-state index in [0.717, 1.165) is 24.4 Å². The van der Waals surface area contributed by atoms with E-state index in [2.05, 4.69) is 26.2 Å². The fourth-order valence-electron chi connectivity index (χ4n) is 2.04. The highest BCUT2D eigenvalue weighted by Crippen LogP contribution is 2.33. The highest BCUT2D eigenvalue weighted by atomic mass is 79.9. The quantitative estimate of drug-likeness (QED) is 0.594. The second kappa shape index (κ2) is 6.84. The third-order valence-corrected chi connectivity index (χ3v) is 3.63. The van der Waals surface area contributed by atoms with Crippen molar-refractivity contribution in [1.82, 2.24) is 10.3 Å². The maximum absolute atomic E-state index is 14.0. The van der Waals surface area contributed by atoms with Gasteiger partial charge in [-0.2, -0.15) is 17.6 Å². The molecule has 128 valence electrons. The molecule has 0 fully saturated rings. The van der Waals surface area contributed by atoms with E-state index in [1.54, 1.807) is 0 Å². The van der Waals surface area contributed by atoms with Crippen LogP contribution >= 0.6 is 15.9 Å². The van der Waals surface area contributed by atoms with Crippen molar-refractivity contribution in [3.05, 3.63) is 63.4 Å². The van der Waals surface area contributed by atoms with Crippen LogP contribution in [0.5, 0.6) is 0 Å². The summed E-state index contributed by atoms with van der Waals surface area (Å²) in [5, 5.41) is 2.25. The highest BCUT2D eigenvalue weighted by Gasteiger charge is 2.35. The van der Waals surface area contributed by atoms with Crippen LogP contribution in [0.4, 0.5) is 22.0 Å². The first-order valence-corrected chi connectivity index (χ1v) is 7.38. The number of aromatic nitrogens is 1. The zero-order chi connectivity index (χ0) is 18.1. The van der Waals surface area contributed by atoms with E-state index < -0.39 is 41.0 Å². The molecule has 0 radical (unpaired) electrons. The molecule has 2 rings (SSSR count). The number of pyridine rings is 1. The first-order valence-electron chi connectivity index (χ1n) is 6.58. The van der Waals surface area contributed by atoms with Gasteiger partial charge >= 0.3 is 6.18 Å². The van der Waals surface area contributed by atoms with Crippen LogP contribution in [0, 0.1) is 11.8 Å².